The minimum atomic E-state index is -0.561. The summed E-state index contributed by atoms with van der Waals surface area (Å²) < 4.78 is 11.5. The van der Waals surface area contributed by atoms with Crippen LogP contribution in [0, 0.1) is 0 Å². The van der Waals surface area contributed by atoms with Gasteiger partial charge in [-0.05, 0) is 28.1 Å². The zero-order chi connectivity index (χ0) is 13.9. The lowest BCUT2D eigenvalue weighted by molar-refractivity contribution is -0.142. The molecular weight excluding hydrogens is 324 g/mol. The smallest absolute Gasteiger partial charge is 0.255 e. The van der Waals surface area contributed by atoms with Gasteiger partial charge in [0.2, 0.25) is 0 Å². The second-order valence-corrected chi connectivity index (χ2v) is 5.37. The highest BCUT2D eigenvalue weighted by atomic mass is 79.9. The van der Waals surface area contributed by atoms with Crippen molar-refractivity contribution in [2.24, 2.45) is 0 Å². The molecule has 1 aliphatic heterocycles. The number of hydrogen-bond acceptors (Lipinski definition) is 4. The van der Waals surface area contributed by atoms with Gasteiger partial charge < -0.3 is 14.8 Å². The van der Waals surface area contributed by atoms with Crippen molar-refractivity contribution < 1.29 is 14.3 Å². The minimum absolute atomic E-state index is 0.207. The van der Waals surface area contributed by atoms with Gasteiger partial charge in [0.25, 0.3) is 5.91 Å². The Kier molecular flexibility index (Phi) is 3.95. The highest BCUT2D eigenvalue weighted by Crippen LogP contribution is 2.24. The van der Waals surface area contributed by atoms with E-state index >= 15 is 0 Å². The van der Waals surface area contributed by atoms with E-state index in [1.807, 2.05) is 24.3 Å². The summed E-state index contributed by atoms with van der Waals surface area (Å²) in [5.74, 6) is -0.207. The fraction of sp³-hybridized carbons (Fsp3) is 0.286. The first-order chi connectivity index (χ1) is 9.74. The van der Waals surface area contributed by atoms with E-state index in [0.29, 0.717) is 18.9 Å². The second-order valence-electron chi connectivity index (χ2n) is 4.45. The second kappa shape index (κ2) is 5.87. The average molecular weight is 337 g/mol. The van der Waals surface area contributed by atoms with Crippen LogP contribution in [0.25, 0.3) is 10.9 Å². The summed E-state index contributed by atoms with van der Waals surface area (Å²) in [6.45, 7) is 1.27. The van der Waals surface area contributed by atoms with Crippen LogP contribution < -0.4 is 5.32 Å². The maximum Gasteiger partial charge on any atom is 0.255 e. The predicted octanol–water partition coefficient (Wildman–Crippen LogP) is 2.35. The molecule has 1 aromatic heterocycles. The lowest BCUT2D eigenvalue weighted by Gasteiger charge is -2.22. The summed E-state index contributed by atoms with van der Waals surface area (Å²) in [5, 5.41) is 3.81. The van der Waals surface area contributed by atoms with Crippen molar-refractivity contribution in [1.29, 1.82) is 0 Å². The van der Waals surface area contributed by atoms with E-state index in [-0.39, 0.29) is 12.5 Å². The molecule has 1 N–H and O–H groups in total. The Morgan fingerprint density at radius 1 is 1.40 bits per heavy atom. The summed E-state index contributed by atoms with van der Waals surface area (Å²) in [6, 6.07) is 7.61. The molecule has 1 aromatic carbocycles. The van der Waals surface area contributed by atoms with Crippen molar-refractivity contribution in [2.45, 2.75) is 6.10 Å². The Hall–Kier alpha value is -1.50. The Morgan fingerprint density at radius 2 is 2.30 bits per heavy atom. The predicted molar refractivity (Wildman–Crippen MR) is 78.6 cm³/mol. The third kappa shape index (κ3) is 2.82. The molecule has 1 atom stereocenters. The number of para-hydroxylation sites is 1. The molecule has 0 saturated carbocycles. The molecule has 1 aliphatic rings. The number of halogens is 1. The number of carbonyl (C=O) groups excluding carboxylic acids is 1. The van der Waals surface area contributed by atoms with Gasteiger partial charge in [0.15, 0.2) is 6.10 Å². The van der Waals surface area contributed by atoms with Crippen LogP contribution in [0.15, 0.2) is 34.9 Å². The fourth-order valence-electron chi connectivity index (χ4n) is 2.09. The average Bonchev–Trinajstić information content (AvgIpc) is 2.48. The van der Waals surface area contributed by atoms with Crippen LogP contribution in [0.1, 0.15) is 0 Å². The quantitative estimate of drug-likeness (QED) is 0.914. The van der Waals surface area contributed by atoms with E-state index in [9.17, 15) is 4.79 Å². The summed E-state index contributed by atoms with van der Waals surface area (Å²) in [4.78, 5) is 16.5. The Balaban J connectivity index is 1.85. The third-order valence-corrected chi connectivity index (χ3v) is 3.48. The zero-order valence-electron chi connectivity index (χ0n) is 10.6. The van der Waals surface area contributed by atoms with Crippen molar-refractivity contribution >= 4 is 38.4 Å². The molecule has 3 rings (SSSR count). The molecule has 1 amide bonds. The van der Waals surface area contributed by atoms with Gasteiger partial charge in [-0.1, -0.05) is 12.1 Å². The van der Waals surface area contributed by atoms with Crippen LogP contribution in [-0.2, 0) is 14.3 Å². The summed E-state index contributed by atoms with van der Waals surface area (Å²) >= 11 is 3.38. The van der Waals surface area contributed by atoms with Crippen LogP contribution >= 0.6 is 15.9 Å². The van der Waals surface area contributed by atoms with Gasteiger partial charge in [-0.3, -0.25) is 9.78 Å². The number of rotatable bonds is 2. The van der Waals surface area contributed by atoms with Crippen molar-refractivity contribution in [2.75, 3.05) is 25.1 Å². The van der Waals surface area contributed by atoms with Gasteiger partial charge in [-0.2, -0.15) is 0 Å². The highest BCUT2D eigenvalue weighted by Gasteiger charge is 2.23. The number of amides is 1. The molecular formula is C14H13BrN2O3. The first-order valence-electron chi connectivity index (χ1n) is 6.28. The molecule has 2 heterocycles. The lowest BCUT2D eigenvalue weighted by Crippen LogP contribution is -2.39. The van der Waals surface area contributed by atoms with Gasteiger partial charge in [-0.25, -0.2) is 0 Å². The topological polar surface area (TPSA) is 60.5 Å². The number of aromatic nitrogens is 1. The monoisotopic (exact) mass is 336 g/mol. The number of nitrogens with one attached hydrogen (secondary N) is 1. The molecule has 20 heavy (non-hydrogen) atoms. The first-order valence-corrected chi connectivity index (χ1v) is 7.08. The molecule has 1 unspecified atom stereocenters. The highest BCUT2D eigenvalue weighted by molar-refractivity contribution is 9.10. The van der Waals surface area contributed by atoms with Crippen molar-refractivity contribution in [3.05, 3.63) is 34.9 Å². The van der Waals surface area contributed by atoms with Crippen molar-refractivity contribution in [3.63, 3.8) is 0 Å². The standard InChI is InChI=1S/C14H13BrN2O3/c15-10-6-9-2-1-3-11(13(9)16-7-10)17-14(18)12-8-19-4-5-20-12/h1-3,6-7,12H,4-5,8H2,(H,17,18). The molecule has 104 valence electrons. The summed E-state index contributed by atoms with van der Waals surface area (Å²) in [5.41, 5.74) is 1.43. The first kappa shape index (κ1) is 13.5. The maximum absolute atomic E-state index is 12.1. The van der Waals surface area contributed by atoms with E-state index in [0.717, 1.165) is 15.4 Å². The van der Waals surface area contributed by atoms with Crippen LogP contribution in [0.5, 0.6) is 0 Å². The molecule has 0 spiro atoms. The normalized spacial score (nSPS) is 18.9. The third-order valence-electron chi connectivity index (χ3n) is 3.04. The minimum Gasteiger partial charge on any atom is -0.376 e. The van der Waals surface area contributed by atoms with E-state index in [2.05, 4.69) is 26.2 Å². The van der Waals surface area contributed by atoms with E-state index in [4.69, 9.17) is 9.47 Å². The van der Waals surface area contributed by atoms with Gasteiger partial charge >= 0.3 is 0 Å². The van der Waals surface area contributed by atoms with Crippen LogP contribution in [0.2, 0.25) is 0 Å². The van der Waals surface area contributed by atoms with Crippen LogP contribution in [0.4, 0.5) is 5.69 Å². The van der Waals surface area contributed by atoms with Crippen molar-refractivity contribution in [1.82, 2.24) is 4.98 Å². The Morgan fingerprint density at radius 3 is 3.10 bits per heavy atom. The molecule has 0 radical (unpaired) electrons. The molecule has 0 aliphatic carbocycles. The van der Waals surface area contributed by atoms with Crippen LogP contribution in [0.3, 0.4) is 0 Å². The van der Waals surface area contributed by atoms with Crippen LogP contribution in [-0.4, -0.2) is 36.8 Å². The Labute approximate surface area is 124 Å². The number of pyridine rings is 1. The number of nitrogens with zero attached hydrogens (tertiary/aromatic N) is 1. The summed E-state index contributed by atoms with van der Waals surface area (Å²) in [7, 11) is 0. The van der Waals surface area contributed by atoms with Crippen molar-refractivity contribution in [3.8, 4) is 0 Å². The van der Waals surface area contributed by atoms with E-state index in [1.54, 1.807) is 6.20 Å². The van der Waals surface area contributed by atoms with E-state index < -0.39 is 6.10 Å². The number of ether oxygens (including phenoxy) is 2. The van der Waals surface area contributed by atoms with Gasteiger partial charge in [0.1, 0.15) is 0 Å². The number of carbonyl (C=O) groups is 1. The molecule has 0 bridgehead atoms. The van der Waals surface area contributed by atoms with Gasteiger partial charge in [0.05, 0.1) is 31.0 Å². The van der Waals surface area contributed by atoms with Gasteiger partial charge in [0, 0.05) is 16.1 Å². The summed E-state index contributed by atoms with van der Waals surface area (Å²) in [6.07, 6.45) is 1.15. The number of hydrogen-bond donors (Lipinski definition) is 1. The number of fused-ring (bicyclic) bond motifs is 1. The molecule has 2 aromatic rings. The van der Waals surface area contributed by atoms with Gasteiger partial charge in [-0.15, -0.1) is 0 Å². The molecule has 1 fully saturated rings. The number of anilines is 1. The van der Waals surface area contributed by atoms with E-state index in [1.165, 1.54) is 0 Å². The molecule has 1 saturated heterocycles. The Bertz CT molecular complexity index is 641. The largest absolute Gasteiger partial charge is 0.376 e. The maximum atomic E-state index is 12.1. The SMILES string of the molecule is O=C(Nc1cccc2cc(Br)cnc12)C1COCCO1. The zero-order valence-corrected chi connectivity index (χ0v) is 12.2. The molecule has 6 heteroatoms. The molecule has 5 nitrogen and oxygen atoms in total. The number of benzene rings is 1. The fourth-order valence-corrected chi connectivity index (χ4v) is 2.44. The lowest BCUT2D eigenvalue weighted by atomic mass is 10.2.